The molecular weight excluding hydrogens is 208 g/mol. The second-order valence-corrected chi connectivity index (χ2v) is 4.04. The molecule has 0 saturated heterocycles. The summed E-state index contributed by atoms with van der Waals surface area (Å²) in [5.41, 5.74) is 9.27. The van der Waals surface area contributed by atoms with Crippen LogP contribution in [0, 0.1) is 0 Å². The molecule has 3 N–H and O–H groups in total. The first-order chi connectivity index (χ1) is 7.27. The molecule has 15 heavy (non-hydrogen) atoms. The summed E-state index contributed by atoms with van der Waals surface area (Å²) in [5.74, 6) is 0. The van der Waals surface area contributed by atoms with Gasteiger partial charge in [-0.05, 0) is 37.1 Å². The summed E-state index contributed by atoms with van der Waals surface area (Å²) in [6.07, 6.45) is 1.87. The number of H-pyrrole nitrogens is 1. The largest absolute Gasteiger partial charge is 0.358 e. The average Bonchev–Trinajstić information content (AvgIpc) is 2.58. The zero-order valence-electron chi connectivity index (χ0n) is 8.81. The lowest BCUT2D eigenvalue weighted by atomic mass is 10.1. The Morgan fingerprint density at radius 2 is 2.20 bits per heavy atom. The zero-order valence-corrected chi connectivity index (χ0v) is 9.56. The molecule has 1 aromatic carbocycles. The number of rotatable bonds is 3. The summed E-state index contributed by atoms with van der Waals surface area (Å²) in [5, 5.41) is 1.95. The number of aromatic amines is 1. The van der Waals surface area contributed by atoms with E-state index in [4.69, 9.17) is 17.3 Å². The molecule has 3 heteroatoms. The molecule has 0 unspecified atom stereocenters. The van der Waals surface area contributed by atoms with Gasteiger partial charge in [-0.1, -0.05) is 24.6 Å². The highest BCUT2D eigenvalue weighted by Gasteiger charge is 2.11. The molecule has 2 nitrogen and oxygen atoms in total. The van der Waals surface area contributed by atoms with E-state index in [1.54, 1.807) is 0 Å². The highest BCUT2D eigenvalue weighted by Crippen LogP contribution is 2.29. The Hall–Kier alpha value is -0.990. The van der Waals surface area contributed by atoms with Crippen molar-refractivity contribution in [2.24, 2.45) is 5.73 Å². The lowest BCUT2D eigenvalue weighted by molar-refractivity contribution is 0.936. The molecule has 0 bridgehead atoms. The van der Waals surface area contributed by atoms with E-state index in [9.17, 15) is 0 Å². The molecule has 1 aromatic heterocycles. The van der Waals surface area contributed by atoms with Crippen LogP contribution >= 0.6 is 11.6 Å². The predicted molar refractivity (Wildman–Crippen MR) is 65.4 cm³/mol. The number of hydrogen-bond donors (Lipinski definition) is 2. The highest BCUT2D eigenvalue weighted by molar-refractivity contribution is 6.35. The molecule has 0 atom stereocenters. The van der Waals surface area contributed by atoms with E-state index in [0.717, 1.165) is 28.8 Å². The third-order valence-electron chi connectivity index (χ3n) is 2.71. The molecular formula is C12H15ClN2. The van der Waals surface area contributed by atoms with Gasteiger partial charge in [0.05, 0.1) is 5.02 Å². The SMILES string of the molecule is CCc1[nH]c2cccc(Cl)c2c1CCN. The average molecular weight is 223 g/mol. The number of fused-ring (bicyclic) bond motifs is 1. The normalized spacial score (nSPS) is 11.1. The second-order valence-electron chi connectivity index (χ2n) is 3.64. The minimum Gasteiger partial charge on any atom is -0.358 e. The van der Waals surface area contributed by atoms with Crippen LogP contribution in [0.1, 0.15) is 18.2 Å². The summed E-state index contributed by atoms with van der Waals surface area (Å²) in [6.45, 7) is 2.80. The fraction of sp³-hybridized carbons (Fsp3) is 0.333. The molecule has 80 valence electrons. The summed E-state index contributed by atoms with van der Waals surface area (Å²) in [6, 6.07) is 5.95. The first kappa shape index (κ1) is 10.5. The number of hydrogen-bond acceptors (Lipinski definition) is 1. The molecule has 0 aliphatic heterocycles. The van der Waals surface area contributed by atoms with Gasteiger partial charge in [0.25, 0.3) is 0 Å². The van der Waals surface area contributed by atoms with Gasteiger partial charge in [-0.15, -0.1) is 0 Å². The molecule has 2 rings (SSSR count). The van der Waals surface area contributed by atoms with Crippen molar-refractivity contribution in [3.8, 4) is 0 Å². The number of aryl methyl sites for hydroxylation is 1. The topological polar surface area (TPSA) is 41.8 Å². The predicted octanol–water partition coefficient (Wildman–Crippen LogP) is 2.88. The number of nitrogens with two attached hydrogens (primary N) is 1. The van der Waals surface area contributed by atoms with E-state index >= 15 is 0 Å². The molecule has 0 radical (unpaired) electrons. The number of nitrogens with one attached hydrogen (secondary N) is 1. The Morgan fingerprint density at radius 1 is 1.40 bits per heavy atom. The molecule has 0 saturated carbocycles. The Bertz CT molecular complexity index is 474. The summed E-state index contributed by atoms with van der Waals surface area (Å²) in [7, 11) is 0. The zero-order chi connectivity index (χ0) is 10.8. The summed E-state index contributed by atoms with van der Waals surface area (Å²) in [4.78, 5) is 3.40. The van der Waals surface area contributed by atoms with Crippen LogP contribution in [0.4, 0.5) is 0 Å². The van der Waals surface area contributed by atoms with Crippen LogP contribution in [-0.2, 0) is 12.8 Å². The van der Waals surface area contributed by atoms with Gasteiger partial charge < -0.3 is 10.7 Å². The van der Waals surface area contributed by atoms with Crippen molar-refractivity contribution in [1.29, 1.82) is 0 Å². The fourth-order valence-corrected chi connectivity index (χ4v) is 2.33. The lowest BCUT2D eigenvalue weighted by Crippen LogP contribution is -2.04. The Kier molecular flexibility index (Phi) is 2.98. The first-order valence-corrected chi connectivity index (χ1v) is 5.63. The van der Waals surface area contributed by atoms with E-state index in [1.807, 2.05) is 12.1 Å². The number of benzene rings is 1. The standard InChI is InChI=1S/C12H15ClN2/c1-2-10-8(6-7-14)12-9(13)4-3-5-11(12)15-10/h3-5,15H,2,6-7,14H2,1H3. The molecule has 0 aliphatic rings. The summed E-state index contributed by atoms with van der Waals surface area (Å²) >= 11 is 6.21. The maximum Gasteiger partial charge on any atom is 0.0502 e. The van der Waals surface area contributed by atoms with Crippen molar-refractivity contribution in [3.05, 3.63) is 34.5 Å². The quantitative estimate of drug-likeness (QED) is 0.824. The van der Waals surface area contributed by atoms with Crippen molar-refractivity contribution in [3.63, 3.8) is 0 Å². The van der Waals surface area contributed by atoms with Crippen LogP contribution in [0.25, 0.3) is 10.9 Å². The van der Waals surface area contributed by atoms with Gasteiger partial charge in [-0.3, -0.25) is 0 Å². The van der Waals surface area contributed by atoms with Crippen molar-refractivity contribution < 1.29 is 0 Å². The monoisotopic (exact) mass is 222 g/mol. The Balaban J connectivity index is 2.70. The van der Waals surface area contributed by atoms with Crippen LogP contribution in [0.2, 0.25) is 5.02 Å². The van der Waals surface area contributed by atoms with E-state index in [-0.39, 0.29) is 0 Å². The van der Waals surface area contributed by atoms with E-state index in [1.165, 1.54) is 11.3 Å². The third kappa shape index (κ3) is 1.75. The summed E-state index contributed by atoms with van der Waals surface area (Å²) < 4.78 is 0. The molecule has 2 aromatic rings. The fourth-order valence-electron chi connectivity index (χ4n) is 2.05. The molecule has 1 heterocycles. The molecule has 0 aliphatic carbocycles. The smallest absolute Gasteiger partial charge is 0.0502 e. The first-order valence-electron chi connectivity index (χ1n) is 5.26. The maximum absolute atomic E-state index is 6.21. The van der Waals surface area contributed by atoms with Gasteiger partial charge in [0.2, 0.25) is 0 Å². The third-order valence-corrected chi connectivity index (χ3v) is 3.03. The van der Waals surface area contributed by atoms with E-state index in [0.29, 0.717) is 6.54 Å². The second kappa shape index (κ2) is 4.25. The number of aromatic nitrogens is 1. The van der Waals surface area contributed by atoms with Gasteiger partial charge in [0, 0.05) is 16.6 Å². The van der Waals surface area contributed by atoms with Crippen LogP contribution in [0.5, 0.6) is 0 Å². The van der Waals surface area contributed by atoms with Crippen LogP contribution in [0.3, 0.4) is 0 Å². The minimum atomic E-state index is 0.658. The molecule has 0 amide bonds. The van der Waals surface area contributed by atoms with Crippen molar-refractivity contribution >= 4 is 22.5 Å². The molecule has 0 spiro atoms. The van der Waals surface area contributed by atoms with E-state index < -0.39 is 0 Å². The number of halogens is 1. The Morgan fingerprint density at radius 3 is 2.87 bits per heavy atom. The maximum atomic E-state index is 6.21. The van der Waals surface area contributed by atoms with Crippen LogP contribution in [0.15, 0.2) is 18.2 Å². The Labute approximate surface area is 94.4 Å². The molecule has 0 fully saturated rings. The van der Waals surface area contributed by atoms with Gasteiger partial charge >= 0.3 is 0 Å². The van der Waals surface area contributed by atoms with Crippen LogP contribution < -0.4 is 5.73 Å². The van der Waals surface area contributed by atoms with Crippen molar-refractivity contribution in [2.45, 2.75) is 19.8 Å². The van der Waals surface area contributed by atoms with Crippen LogP contribution in [-0.4, -0.2) is 11.5 Å². The highest BCUT2D eigenvalue weighted by atomic mass is 35.5. The lowest BCUT2D eigenvalue weighted by Gasteiger charge is -2.01. The van der Waals surface area contributed by atoms with Crippen molar-refractivity contribution in [2.75, 3.05) is 6.54 Å². The van der Waals surface area contributed by atoms with Crippen molar-refractivity contribution in [1.82, 2.24) is 4.98 Å². The van der Waals surface area contributed by atoms with Gasteiger partial charge in [-0.2, -0.15) is 0 Å². The van der Waals surface area contributed by atoms with E-state index in [2.05, 4.69) is 18.0 Å². The van der Waals surface area contributed by atoms with Gasteiger partial charge in [0.1, 0.15) is 0 Å². The van der Waals surface area contributed by atoms with Gasteiger partial charge in [-0.25, -0.2) is 0 Å². The minimum absolute atomic E-state index is 0.658. The van der Waals surface area contributed by atoms with Gasteiger partial charge in [0.15, 0.2) is 0 Å².